The zero-order chi connectivity index (χ0) is 15.3. The van der Waals surface area contributed by atoms with Gasteiger partial charge in [0.1, 0.15) is 12.2 Å². The van der Waals surface area contributed by atoms with Crippen molar-refractivity contribution in [1.29, 1.82) is 0 Å². The van der Waals surface area contributed by atoms with Gasteiger partial charge in [-0.25, -0.2) is 4.79 Å². The van der Waals surface area contributed by atoms with Crippen LogP contribution in [0.2, 0.25) is 0 Å². The number of carbonyl (C=O) groups is 1. The second-order valence-corrected chi connectivity index (χ2v) is 5.92. The van der Waals surface area contributed by atoms with Crippen molar-refractivity contribution in [2.45, 2.75) is 26.4 Å². The molecule has 2 N–H and O–H groups in total. The van der Waals surface area contributed by atoms with Crippen LogP contribution in [-0.2, 0) is 4.74 Å². The summed E-state index contributed by atoms with van der Waals surface area (Å²) in [4.78, 5) is 13.7. The molecule has 0 aliphatic carbocycles. The zero-order valence-corrected chi connectivity index (χ0v) is 13.9. The number of para-hydroxylation sites is 1. The van der Waals surface area contributed by atoms with Crippen LogP contribution >= 0.6 is 15.9 Å². The van der Waals surface area contributed by atoms with E-state index in [1.165, 1.54) is 7.05 Å². The molecule has 0 fully saturated rings. The summed E-state index contributed by atoms with van der Waals surface area (Å²) in [7, 11) is 1.50. The molecular weight excluding hydrogens is 324 g/mol. The lowest BCUT2D eigenvalue weighted by molar-refractivity contribution is 0.0567. The number of nitrogens with two attached hydrogens (primary N) is 1. The molecule has 20 heavy (non-hydrogen) atoms. The average Bonchev–Trinajstić information content (AvgIpc) is 2.39. The summed E-state index contributed by atoms with van der Waals surface area (Å²) in [6.07, 6.45) is -0.342. The van der Waals surface area contributed by atoms with E-state index in [4.69, 9.17) is 9.47 Å². The molecular formula is C14H21BrN2O3. The predicted molar refractivity (Wildman–Crippen MR) is 83.3 cm³/mol. The van der Waals surface area contributed by atoms with Gasteiger partial charge in [-0.1, -0.05) is 6.07 Å². The van der Waals surface area contributed by atoms with Crippen molar-refractivity contribution in [2.75, 3.05) is 25.1 Å². The third-order valence-electron chi connectivity index (χ3n) is 2.41. The number of amides is 1. The Morgan fingerprint density at radius 1 is 1.40 bits per heavy atom. The molecule has 0 bridgehead atoms. The van der Waals surface area contributed by atoms with Crippen molar-refractivity contribution in [2.24, 2.45) is 5.73 Å². The van der Waals surface area contributed by atoms with Gasteiger partial charge >= 0.3 is 6.09 Å². The highest BCUT2D eigenvalue weighted by Gasteiger charge is 2.28. The van der Waals surface area contributed by atoms with E-state index in [-0.39, 0.29) is 6.09 Å². The summed E-state index contributed by atoms with van der Waals surface area (Å²) in [5.74, 6) is 0.689. The van der Waals surface area contributed by atoms with E-state index >= 15 is 0 Å². The van der Waals surface area contributed by atoms with E-state index < -0.39 is 5.60 Å². The van der Waals surface area contributed by atoms with E-state index in [9.17, 15) is 4.79 Å². The molecule has 1 aliphatic heterocycles. The first-order valence-corrected chi connectivity index (χ1v) is 7.17. The second kappa shape index (κ2) is 6.95. The molecule has 0 unspecified atom stereocenters. The molecule has 1 aromatic carbocycles. The second-order valence-electron chi connectivity index (χ2n) is 5.07. The Kier molecular flexibility index (Phi) is 5.83. The number of fused-ring (bicyclic) bond motifs is 1. The van der Waals surface area contributed by atoms with Crippen LogP contribution < -0.4 is 15.4 Å². The first-order valence-electron chi connectivity index (χ1n) is 6.38. The van der Waals surface area contributed by atoms with Gasteiger partial charge in [-0.05, 0) is 55.9 Å². The van der Waals surface area contributed by atoms with Crippen LogP contribution in [0.15, 0.2) is 22.7 Å². The van der Waals surface area contributed by atoms with E-state index in [0.717, 1.165) is 10.2 Å². The number of carbonyl (C=O) groups excluding carboxylic acids is 1. The Hall–Kier alpha value is -1.27. The molecule has 0 atom stereocenters. The Morgan fingerprint density at radius 2 is 2.05 bits per heavy atom. The predicted octanol–water partition coefficient (Wildman–Crippen LogP) is 3.16. The minimum Gasteiger partial charge on any atom is -0.488 e. The van der Waals surface area contributed by atoms with E-state index in [0.29, 0.717) is 18.9 Å². The Labute approximate surface area is 128 Å². The lowest BCUT2D eigenvalue weighted by Gasteiger charge is -2.31. The highest BCUT2D eigenvalue weighted by molar-refractivity contribution is 9.10. The number of rotatable bonds is 0. The third-order valence-corrected chi connectivity index (χ3v) is 3.04. The Bertz CT molecular complexity index is 472. The lowest BCUT2D eigenvalue weighted by atomic mass is 10.2. The Morgan fingerprint density at radius 3 is 2.65 bits per heavy atom. The summed E-state index contributed by atoms with van der Waals surface area (Å²) in [5, 5.41) is 0. The molecule has 0 saturated heterocycles. The normalized spacial score (nSPS) is 13.6. The van der Waals surface area contributed by atoms with Crippen molar-refractivity contribution in [3.8, 4) is 5.75 Å². The number of benzene rings is 1. The van der Waals surface area contributed by atoms with Gasteiger partial charge in [-0.15, -0.1) is 0 Å². The molecule has 0 saturated carbocycles. The lowest BCUT2D eigenvalue weighted by Crippen LogP contribution is -2.41. The summed E-state index contributed by atoms with van der Waals surface area (Å²) in [5.41, 5.74) is 4.74. The minimum atomic E-state index is -0.498. The van der Waals surface area contributed by atoms with Crippen molar-refractivity contribution in [3.05, 3.63) is 22.7 Å². The maximum absolute atomic E-state index is 12.1. The van der Waals surface area contributed by atoms with Gasteiger partial charge in [-0.3, -0.25) is 4.90 Å². The number of ether oxygens (including phenoxy) is 2. The smallest absolute Gasteiger partial charge is 0.415 e. The fraction of sp³-hybridized carbons (Fsp3) is 0.500. The van der Waals surface area contributed by atoms with Gasteiger partial charge in [0.05, 0.1) is 16.7 Å². The van der Waals surface area contributed by atoms with Gasteiger partial charge in [0.15, 0.2) is 5.75 Å². The Balaban J connectivity index is 0.000000956. The molecule has 6 heteroatoms. The summed E-state index contributed by atoms with van der Waals surface area (Å²) in [6.45, 7) is 6.53. The quantitative estimate of drug-likeness (QED) is 0.785. The molecule has 1 aliphatic rings. The van der Waals surface area contributed by atoms with Crippen LogP contribution in [0, 0.1) is 0 Å². The van der Waals surface area contributed by atoms with Crippen LogP contribution in [0.3, 0.4) is 0 Å². The van der Waals surface area contributed by atoms with Gasteiger partial charge in [-0.2, -0.15) is 0 Å². The molecule has 0 aromatic heterocycles. The van der Waals surface area contributed by atoms with Crippen LogP contribution in [0.1, 0.15) is 20.8 Å². The molecule has 0 radical (unpaired) electrons. The molecule has 1 aromatic rings. The van der Waals surface area contributed by atoms with Crippen LogP contribution in [0.25, 0.3) is 0 Å². The number of hydrogen-bond donors (Lipinski definition) is 1. The molecule has 0 spiro atoms. The molecule has 5 nitrogen and oxygen atoms in total. The monoisotopic (exact) mass is 344 g/mol. The molecule has 1 heterocycles. The highest BCUT2D eigenvalue weighted by Crippen LogP contribution is 2.38. The molecule has 1 amide bonds. The standard InChI is InChI=1S/C13H16BrNO3.CH5N/c1-13(2,3)18-12(16)15-7-8-17-11-9(14)5-4-6-10(11)15;1-2/h4-6H,7-8H2,1-3H3;2H2,1H3. The fourth-order valence-electron chi connectivity index (χ4n) is 1.72. The minimum absolute atomic E-state index is 0.342. The van der Waals surface area contributed by atoms with Crippen LogP contribution in [-0.4, -0.2) is 31.9 Å². The van der Waals surface area contributed by atoms with Gasteiger partial charge in [0.2, 0.25) is 0 Å². The van der Waals surface area contributed by atoms with E-state index in [1.807, 2.05) is 39.0 Å². The van der Waals surface area contributed by atoms with Crippen molar-refractivity contribution in [3.63, 3.8) is 0 Å². The van der Waals surface area contributed by atoms with Crippen molar-refractivity contribution < 1.29 is 14.3 Å². The largest absolute Gasteiger partial charge is 0.488 e. The zero-order valence-electron chi connectivity index (χ0n) is 12.3. The average molecular weight is 345 g/mol. The van der Waals surface area contributed by atoms with Crippen LogP contribution in [0.4, 0.5) is 10.5 Å². The number of anilines is 1. The number of nitrogens with zero attached hydrogens (tertiary/aromatic N) is 1. The molecule has 112 valence electrons. The summed E-state index contributed by atoms with van der Waals surface area (Å²) >= 11 is 3.42. The fourth-order valence-corrected chi connectivity index (χ4v) is 2.19. The SMILES string of the molecule is CC(C)(C)OC(=O)N1CCOc2c(Br)cccc21.CN. The van der Waals surface area contributed by atoms with E-state index in [1.54, 1.807) is 4.90 Å². The number of halogens is 1. The van der Waals surface area contributed by atoms with Crippen molar-refractivity contribution >= 4 is 27.7 Å². The van der Waals surface area contributed by atoms with Crippen LogP contribution in [0.5, 0.6) is 5.75 Å². The maximum atomic E-state index is 12.1. The topological polar surface area (TPSA) is 64.8 Å². The van der Waals surface area contributed by atoms with E-state index in [2.05, 4.69) is 21.7 Å². The number of hydrogen-bond acceptors (Lipinski definition) is 4. The van der Waals surface area contributed by atoms with Gasteiger partial charge in [0, 0.05) is 0 Å². The van der Waals surface area contributed by atoms with Gasteiger partial charge < -0.3 is 15.2 Å². The van der Waals surface area contributed by atoms with Crippen molar-refractivity contribution in [1.82, 2.24) is 0 Å². The highest BCUT2D eigenvalue weighted by atomic mass is 79.9. The molecule has 2 rings (SSSR count). The summed E-state index contributed by atoms with van der Waals surface area (Å²) < 4.78 is 11.8. The first kappa shape index (κ1) is 16.8. The first-order chi connectivity index (χ1) is 9.38. The maximum Gasteiger partial charge on any atom is 0.415 e. The summed E-state index contributed by atoms with van der Waals surface area (Å²) in [6, 6.07) is 5.61. The third kappa shape index (κ3) is 4.11. The van der Waals surface area contributed by atoms with Gasteiger partial charge in [0.25, 0.3) is 0 Å².